The molecule has 1 aromatic rings. The van der Waals surface area contributed by atoms with Gasteiger partial charge in [0, 0.05) is 33.7 Å². The molecule has 0 aliphatic carbocycles. The summed E-state index contributed by atoms with van der Waals surface area (Å²) in [5, 5.41) is 5.46. The SMILES string of the molecule is COCC(=O)NCC1CN(c2ccc(N3CC(CNC(C)=O)OC3=O)cc2F)CC1C. The molecule has 0 radical (unpaired) electrons. The third-order valence-electron chi connectivity index (χ3n) is 5.64. The van der Waals surface area contributed by atoms with E-state index >= 15 is 0 Å². The first-order chi connectivity index (χ1) is 14.8. The molecule has 2 aliphatic heterocycles. The summed E-state index contributed by atoms with van der Waals surface area (Å²) in [4.78, 5) is 38.1. The molecular formula is C21H29FN4O5. The van der Waals surface area contributed by atoms with Crippen molar-refractivity contribution in [2.75, 3.05) is 56.2 Å². The Bertz CT molecular complexity index is 836. The summed E-state index contributed by atoms with van der Waals surface area (Å²) < 4.78 is 25.0. The second-order valence-corrected chi connectivity index (χ2v) is 8.07. The number of halogens is 1. The number of carbonyl (C=O) groups excluding carboxylic acids is 3. The van der Waals surface area contributed by atoms with Crippen LogP contribution in [-0.2, 0) is 19.1 Å². The molecule has 31 heavy (non-hydrogen) atoms. The van der Waals surface area contributed by atoms with E-state index < -0.39 is 18.0 Å². The van der Waals surface area contributed by atoms with Crippen LogP contribution in [0.3, 0.4) is 0 Å². The number of anilines is 2. The van der Waals surface area contributed by atoms with Gasteiger partial charge in [0.05, 0.1) is 24.5 Å². The summed E-state index contributed by atoms with van der Waals surface area (Å²) in [5.74, 6) is -0.320. The van der Waals surface area contributed by atoms with E-state index in [-0.39, 0.29) is 43.3 Å². The predicted octanol–water partition coefficient (Wildman–Crippen LogP) is 1.12. The molecule has 3 unspecified atom stereocenters. The van der Waals surface area contributed by atoms with Crippen LogP contribution in [0.1, 0.15) is 13.8 Å². The van der Waals surface area contributed by atoms with Gasteiger partial charge in [0.1, 0.15) is 18.5 Å². The van der Waals surface area contributed by atoms with Crippen molar-refractivity contribution in [3.8, 4) is 0 Å². The number of nitrogens with zero attached hydrogens (tertiary/aromatic N) is 2. The Morgan fingerprint density at radius 2 is 2.00 bits per heavy atom. The fraction of sp³-hybridized carbons (Fsp3) is 0.571. The molecule has 0 bridgehead atoms. The molecule has 2 fully saturated rings. The molecule has 10 heteroatoms. The van der Waals surface area contributed by atoms with Gasteiger partial charge in [-0.2, -0.15) is 0 Å². The lowest BCUT2D eigenvalue weighted by Crippen LogP contribution is -2.34. The molecule has 2 saturated heterocycles. The average molecular weight is 436 g/mol. The molecular weight excluding hydrogens is 407 g/mol. The summed E-state index contributed by atoms with van der Waals surface area (Å²) in [6, 6.07) is 4.69. The Morgan fingerprint density at radius 1 is 1.23 bits per heavy atom. The minimum Gasteiger partial charge on any atom is -0.442 e. The Hall–Kier alpha value is -2.88. The lowest BCUT2D eigenvalue weighted by molar-refractivity contribution is -0.125. The molecule has 0 aromatic heterocycles. The number of carbonyl (C=O) groups is 3. The van der Waals surface area contributed by atoms with Gasteiger partial charge in [-0.15, -0.1) is 0 Å². The van der Waals surface area contributed by atoms with Crippen LogP contribution < -0.4 is 20.4 Å². The number of ether oxygens (including phenoxy) is 2. The maximum atomic E-state index is 14.9. The van der Waals surface area contributed by atoms with Crippen LogP contribution in [0, 0.1) is 17.7 Å². The van der Waals surface area contributed by atoms with Crippen molar-refractivity contribution in [1.82, 2.24) is 10.6 Å². The molecule has 170 valence electrons. The zero-order valence-corrected chi connectivity index (χ0v) is 18.0. The van der Waals surface area contributed by atoms with Crippen LogP contribution in [0.5, 0.6) is 0 Å². The molecule has 9 nitrogen and oxygen atoms in total. The van der Waals surface area contributed by atoms with Crippen molar-refractivity contribution in [3.63, 3.8) is 0 Å². The van der Waals surface area contributed by atoms with Crippen molar-refractivity contribution in [3.05, 3.63) is 24.0 Å². The number of methoxy groups -OCH3 is 1. The van der Waals surface area contributed by atoms with Gasteiger partial charge in [-0.3, -0.25) is 14.5 Å². The molecule has 3 rings (SSSR count). The quantitative estimate of drug-likeness (QED) is 0.634. The van der Waals surface area contributed by atoms with E-state index in [0.29, 0.717) is 31.0 Å². The number of benzene rings is 1. The van der Waals surface area contributed by atoms with Gasteiger partial charge in [0.2, 0.25) is 11.8 Å². The van der Waals surface area contributed by atoms with Gasteiger partial charge in [0.15, 0.2) is 0 Å². The van der Waals surface area contributed by atoms with Crippen molar-refractivity contribution in [2.45, 2.75) is 20.0 Å². The first kappa shape index (κ1) is 22.8. The number of amides is 3. The normalized spacial score (nSPS) is 23.1. The van der Waals surface area contributed by atoms with Crippen LogP contribution in [-0.4, -0.2) is 70.5 Å². The van der Waals surface area contributed by atoms with E-state index in [0.717, 1.165) is 0 Å². The van der Waals surface area contributed by atoms with Gasteiger partial charge in [-0.1, -0.05) is 6.92 Å². The third kappa shape index (κ3) is 5.63. The molecule has 0 saturated carbocycles. The first-order valence-corrected chi connectivity index (χ1v) is 10.3. The van der Waals surface area contributed by atoms with E-state index in [1.54, 1.807) is 12.1 Å². The molecule has 2 N–H and O–H groups in total. The highest BCUT2D eigenvalue weighted by atomic mass is 19.1. The fourth-order valence-electron chi connectivity index (χ4n) is 3.94. The second kappa shape index (κ2) is 9.95. The smallest absolute Gasteiger partial charge is 0.414 e. The van der Waals surface area contributed by atoms with Crippen LogP contribution >= 0.6 is 0 Å². The summed E-state index contributed by atoms with van der Waals surface area (Å²) in [6.07, 6.45) is -1.04. The fourth-order valence-corrected chi connectivity index (χ4v) is 3.94. The van der Waals surface area contributed by atoms with Gasteiger partial charge >= 0.3 is 6.09 Å². The molecule has 2 aliphatic rings. The monoisotopic (exact) mass is 436 g/mol. The Kier molecular flexibility index (Phi) is 7.32. The summed E-state index contributed by atoms with van der Waals surface area (Å²) in [7, 11) is 1.47. The largest absolute Gasteiger partial charge is 0.442 e. The van der Waals surface area contributed by atoms with E-state index in [9.17, 15) is 18.8 Å². The first-order valence-electron chi connectivity index (χ1n) is 10.3. The number of cyclic esters (lactones) is 1. The zero-order chi connectivity index (χ0) is 22.5. The Labute approximate surface area is 180 Å². The van der Waals surface area contributed by atoms with Crippen molar-refractivity contribution in [1.29, 1.82) is 0 Å². The lowest BCUT2D eigenvalue weighted by Gasteiger charge is -2.21. The second-order valence-electron chi connectivity index (χ2n) is 8.07. The summed E-state index contributed by atoms with van der Waals surface area (Å²) in [5.41, 5.74) is 0.871. The van der Waals surface area contributed by atoms with E-state index in [1.807, 2.05) is 4.90 Å². The highest BCUT2D eigenvalue weighted by molar-refractivity contribution is 5.90. The van der Waals surface area contributed by atoms with Crippen molar-refractivity contribution >= 4 is 29.3 Å². The number of rotatable bonds is 8. The maximum absolute atomic E-state index is 14.9. The van der Waals surface area contributed by atoms with E-state index in [1.165, 1.54) is 25.0 Å². The standard InChI is InChI=1S/C21H29FN4O5/c1-13-9-25(10-15(13)7-24-20(28)12-30-3)19-5-4-16(6-18(19)22)26-11-17(31-21(26)29)8-23-14(2)27/h4-6,13,15,17H,7-12H2,1-3H3,(H,23,27)(H,24,28). The maximum Gasteiger partial charge on any atom is 0.414 e. The van der Waals surface area contributed by atoms with Crippen molar-refractivity contribution in [2.24, 2.45) is 11.8 Å². The number of nitrogens with one attached hydrogen (secondary N) is 2. The Balaban J connectivity index is 1.61. The van der Waals surface area contributed by atoms with Crippen LogP contribution in [0.15, 0.2) is 18.2 Å². The molecule has 1 aromatic carbocycles. The zero-order valence-electron chi connectivity index (χ0n) is 18.0. The van der Waals surface area contributed by atoms with Crippen molar-refractivity contribution < 1.29 is 28.2 Å². The Morgan fingerprint density at radius 3 is 2.68 bits per heavy atom. The third-order valence-corrected chi connectivity index (χ3v) is 5.64. The van der Waals surface area contributed by atoms with Crippen LogP contribution in [0.4, 0.5) is 20.6 Å². The lowest BCUT2D eigenvalue weighted by atomic mass is 9.98. The van der Waals surface area contributed by atoms with Gasteiger partial charge in [-0.25, -0.2) is 9.18 Å². The summed E-state index contributed by atoms with van der Waals surface area (Å²) in [6.45, 7) is 5.74. The van der Waals surface area contributed by atoms with Crippen LogP contribution in [0.25, 0.3) is 0 Å². The molecule has 3 atom stereocenters. The predicted molar refractivity (Wildman–Crippen MR) is 112 cm³/mol. The van der Waals surface area contributed by atoms with Crippen LogP contribution in [0.2, 0.25) is 0 Å². The van der Waals surface area contributed by atoms with Gasteiger partial charge in [-0.05, 0) is 30.0 Å². The van der Waals surface area contributed by atoms with E-state index in [4.69, 9.17) is 9.47 Å². The van der Waals surface area contributed by atoms with E-state index in [2.05, 4.69) is 17.6 Å². The van der Waals surface area contributed by atoms with Gasteiger partial charge < -0.3 is 25.0 Å². The highest BCUT2D eigenvalue weighted by Gasteiger charge is 2.34. The minimum absolute atomic E-state index is 0.0194. The number of hydrogen-bond donors (Lipinski definition) is 2. The number of hydrogen-bond acceptors (Lipinski definition) is 6. The highest BCUT2D eigenvalue weighted by Crippen LogP contribution is 2.32. The summed E-state index contributed by atoms with van der Waals surface area (Å²) >= 11 is 0. The average Bonchev–Trinajstić information content (AvgIpc) is 3.27. The molecule has 3 amide bonds. The van der Waals surface area contributed by atoms with Gasteiger partial charge in [0.25, 0.3) is 0 Å². The topological polar surface area (TPSA) is 100 Å². The molecule has 0 spiro atoms. The minimum atomic E-state index is -0.566. The molecule has 2 heterocycles.